The Morgan fingerprint density at radius 3 is 2.95 bits per heavy atom. The third kappa shape index (κ3) is 3.00. The van der Waals surface area contributed by atoms with Crippen molar-refractivity contribution in [3.05, 3.63) is 30.2 Å². The molecule has 0 unspecified atom stereocenters. The van der Waals surface area contributed by atoms with Crippen LogP contribution in [0.4, 0.5) is 0 Å². The van der Waals surface area contributed by atoms with E-state index in [9.17, 15) is 4.79 Å². The Labute approximate surface area is 116 Å². The second-order valence-electron chi connectivity index (χ2n) is 3.96. The highest BCUT2D eigenvalue weighted by Crippen LogP contribution is 2.21. The zero-order valence-corrected chi connectivity index (χ0v) is 11.4. The quantitative estimate of drug-likeness (QED) is 0.737. The van der Waals surface area contributed by atoms with Crippen molar-refractivity contribution in [2.24, 2.45) is 0 Å². The molecule has 2 aromatic heterocycles. The summed E-state index contributed by atoms with van der Waals surface area (Å²) in [5.41, 5.74) is 1.54. The minimum atomic E-state index is -0.491. The molecule has 0 bridgehead atoms. The first-order valence-electron chi connectivity index (χ1n) is 6.27. The Hall–Kier alpha value is -2.28. The number of aromatic nitrogens is 4. The molecule has 0 amide bonds. The van der Waals surface area contributed by atoms with Crippen LogP contribution in [0.5, 0.6) is 0 Å². The fourth-order valence-electron chi connectivity index (χ4n) is 1.77. The van der Waals surface area contributed by atoms with Crippen molar-refractivity contribution in [2.45, 2.75) is 13.5 Å². The molecule has 2 rings (SSSR count). The SMILES string of the molecule is CCOC(=O)c1nnn(CCOC)c1-c1cccnc1. The van der Waals surface area contributed by atoms with E-state index in [0.717, 1.165) is 5.56 Å². The van der Waals surface area contributed by atoms with Gasteiger partial charge in [-0.05, 0) is 19.1 Å². The van der Waals surface area contributed by atoms with Crippen molar-refractivity contribution in [1.82, 2.24) is 20.0 Å². The lowest BCUT2D eigenvalue weighted by Crippen LogP contribution is -2.10. The molecule has 106 valence electrons. The van der Waals surface area contributed by atoms with Crippen molar-refractivity contribution in [3.63, 3.8) is 0 Å². The number of hydrogen-bond acceptors (Lipinski definition) is 6. The Bertz CT molecular complexity index is 568. The predicted molar refractivity (Wildman–Crippen MR) is 71.1 cm³/mol. The van der Waals surface area contributed by atoms with Gasteiger partial charge in [-0.25, -0.2) is 9.48 Å². The average Bonchev–Trinajstić information content (AvgIpc) is 2.90. The third-order valence-electron chi connectivity index (χ3n) is 2.65. The van der Waals surface area contributed by atoms with Crippen LogP contribution in [-0.4, -0.2) is 46.3 Å². The molecule has 0 atom stereocenters. The molecule has 0 saturated carbocycles. The van der Waals surface area contributed by atoms with E-state index in [0.29, 0.717) is 18.8 Å². The summed E-state index contributed by atoms with van der Waals surface area (Å²) in [5, 5.41) is 7.91. The Morgan fingerprint density at radius 1 is 1.45 bits per heavy atom. The number of carbonyl (C=O) groups is 1. The van der Waals surface area contributed by atoms with Gasteiger partial charge in [0.15, 0.2) is 5.69 Å². The molecule has 0 radical (unpaired) electrons. The summed E-state index contributed by atoms with van der Waals surface area (Å²) in [6.07, 6.45) is 3.32. The first kappa shape index (κ1) is 14.1. The molecular weight excluding hydrogens is 260 g/mol. The zero-order chi connectivity index (χ0) is 14.4. The van der Waals surface area contributed by atoms with Crippen molar-refractivity contribution >= 4 is 5.97 Å². The molecular formula is C13H16N4O3. The molecule has 0 aliphatic rings. The smallest absolute Gasteiger partial charge is 0.361 e. The monoisotopic (exact) mass is 276 g/mol. The lowest BCUT2D eigenvalue weighted by atomic mass is 10.1. The van der Waals surface area contributed by atoms with Crippen molar-refractivity contribution < 1.29 is 14.3 Å². The largest absolute Gasteiger partial charge is 0.461 e. The second kappa shape index (κ2) is 6.76. The van der Waals surface area contributed by atoms with Crippen LogP contribution in [0.2, 0.25) is 0 Å². The molecule has 0 aliphatic heterocycles. The van der Waals surface area contributed by atoms with E-state index < -0.39 is 5.97 Å². The van der Waals surface area contributed by atoms with Gasteiger partial charge in [0.2, 0.25) is 0 Å². The van der Waals surface area contributed by atoms with Crippen molar-refractivity contribution in [3.8, 4) is 11.3 Å². The van der Waals surface area contributed by atoms with Crippen LogP contribution in [-0.2, 0) is 16.0 Å². The number of pyridine rings is 1. The Morgan fingerprint density at radius 2 is 2.30 bits per heavy atom. The maximum atomic E-state index is 11.9. The van der Waals surface area contributed by atoms with Gasteiger partial charge in [0.05, 0.1) is 19.8 Å². The van der Waals surface area contributed by atoms with Gasteiger partial charge in [0.25, 0.3) is 0 Å². The van der Waals surface area contributed by atoms with E-state index in [1.54, 1.807) is 37.2 Å². The van der Waals surface area contributed by atoms with Crippen LogP contribution in [0.3, 0.4) is 0 Å². The molecule has 0 saturated heterocycles. The van der Waals surface area contributed by atoms with E-state index >= 15 is 0 Å². The minimum absolute atomic E-state index is 0.191. The molecule has 0 spiro atoms. The van der Waals surface area contributed by atoms with E-state index in [2.05, 4.69) is 15.3 Å². The highest BCUT2D eigenvalue weighted by molar-refractivity contribution is 5.93. The van der Waals surface area contributed by atoms with Crippen LogP contribution in [0.25, 0.3) is 11.3 Å². The van der Waals surface area contributed by atoms with Crippen LogP contribution < -0.4 is 0 Å². The normalized spacial score (nSPS) is 10.5. The molecule has 20 heavy (non-hydrogen) atoms. The summed E-state index contributed by atoms with van der Waals surface area (Å²) < 4.78 is 11.7. The zero-order valence-electron chi connectivity index (χ0n) is 11.4. The first-order chi connectivity index (χ1) is 9.77. The molecule has 7 heteroatoms. The Kier molecular flexibility index (Phi) is 4.78. The standard InChI is InChI=1S/C13H16N4O3/c1-3-20-13(18)11-12(10-5-4-6-14-9-10)17(16-15-11)7-8-19-2/h4-6,9H,3,7-8H2,1-2H3. The summed E-state index contributed by atoms with van der Waals surface area (Å²) in [6, 6.07) is 3.63. The molecule has 0 N–H and O–H groups in total. The highest BCUT2D eigenvalue weighted by Gasteiger charge is 2.22. The lowest BCUT2D eigenvalue weighted by molar-refractivity contribution is 0.0520. The summed E-state index contributed by atoms with van der Waals surface area (Å²) in [4.78, 5) is 16.0. The number of ether oxygens (including phenoxy) is 2. The van der Waals surface area contributed by atoms with Crippen LogP contribution in [0, 0.1) is 0 Å². The summed E-state index contributed by atoms with van der Waals surface area (Å²) in [5.74, 6) is -0.491. The summed E-state index contributed by atoms with van der Waals surface area (Å²) >= 11 is 0. The van der Waals surface area contributed by atoms with E-state index in [1.807, 2.05) is 6.07 Å². The van der Waals surface area contributed by atoms with E-state index in [1.165, 1.54) is 0 Å². The van der Waals surface area contributed by atoms with Gasteiger partial charge in [-0.2, -0.15) is 0 Å². The molecule has 2 heterocycles. The predicted octanol–water partition coefficient (Wildman–Crippen LogP) is 1.16. The topological polar surface area (TPSA) is 79.1 Å². The van der Waals surface area contributed by atoms with Gasteiger partial charge >= 0.3 is 5.97 Å². The molecule has 2 aromatic rings. The lowest BCUT2D eigenvalue weighted by Gasteiger charge is -2.07. The maximum absolute atomic E-state index is 11.9. The van der Waals surface area contributed by atoms with Gasteiger partial charge < -0.3 is 9.47 Å². The maximum Gasteiger partial charge on any atom is 0.361 e. The number of nitrogens with zero attached hydrogens (tertiary/aromatic N) is 4. The number of carbonyl (C=O) groups excluding carboxylic acids is 1. The van der Waals surface area contributed by atoms with E-state index in [4.69, 9.17) is 9.47 Å². The van der Waals surface area contributed by atoms with Crippen molar-refractivity contribution in [1.29, 1.82) is 0 Å². The number of esters is 1. The van der Waals surface area contributed by atoms with Crippen LogP contribution >= 0.6 is 0 Å². The van der Waals surface area contributed by atoms with Gasteiger partial charge in [-0.15, -0.1) is 5.10 Å². The third-order valence-corrected chi connectivity index (χ3v) is 2.65. The number of hydrogen-bond donors (Lipinski definition) is 0. The molecule has 0 aliphatic carbocycles. The molecule has 7 nitrogen and oxygen atoms in total. The first-order valence-corrected chi connectivity index (χ1v) is 6.27. The molecule has 0 fully saturated rings. The molecule has 0 aromatic carbocycles. The minimum Gasteiger partial charge on any atom is -0.461 e. The fourth-order valence-corrected chi connectivity index (χ4v) is 1.77. The van der Waals surface area contributed by atoms with E-state index in [-0.39, 0.29) is 12.3 Å². The van der Waals surface area contributed by atoms with Gasteiger partial charge in [-0.3, -0.25) is 4.98 Å². The fraction of sp³-hybridized carbons (Fsp3) is 0.385. The van der Waals surface area contributed by atoms with Crippen molar-refractivity contribution in [2.75, 3.05) is 20.3 Å². The van der Waals surface area contributed by atoms with Gasteiger partial charge in [0.1, 0.15) is 5.69 Å². The number of rotatable bonds is 6. The Balaban J connectivity index is 2.43. The number of methoxy groups -OCH3 is 1. The second-order valence-corrected chi connectivity index (χ2v) is 3.96. The van der Waals surface area contributed by atoms with Gasteiger partial charge in [0, 0.05) is 25.1 Å². The summed E-state index contributed by atoms with van der Waals surface area (Å²) in [7, 11) is 1.60. The van der Waals surface area contributed by atoms with Crippen LogP contribution in [0.15, 0.2) is 24.5 Å². The summed E-state index contributed by atoms with van der Waals surface area (Å²) in [6.45, 7) is 3.00. The van der Waals surface area contributed by atoms with Gasteiger partial charge in [-0.1, -0.05) is 5.21 Å². The highest BCUT2D eigenvalue weighted by atomic mass is 16.5. The van der Waals surface area contributed by atoms with Crippen LogP contribution in [0.1, 0.15) is 17.4 Å². The average molecular weight is 276 g/mol.